The lowest BCUT2D eigenvalue weighted by atomic mass is 9.93. The molecular weight excluding hydrogens is 436 g/mol. The predicted molar refractivity (Wildman–Crippen MR) is 119 cm³/mol. The van der Waals surface area contributed by atoms with E-state index in [2.05, 4.69) is 15.7 Å². The number of furan rings is 1. The molecule has 1 aliphatic carbocycles. The standard InChI is InChI=1S/C21H20N4O6S/c1-12(18-7-4-8-32-18)24-30-11-19(26)23-22-10-14-20-13-5-2-3-6-16(13)31-17(20)9-15(21(14)27)25(28)29/h4,7-10,27H,2-3,5-6,11H2,1H3,(H,23,26)/b22-10+,24-12?. The van der Waals surface area contributed by atoms with E-state index in [1.807, 2.05) is 17.5 Å². The van der Waals surface area contributed by atoms with Crippen LogP contribution in [0.2, 0.25) is 0 Å². The summed E-state index contributed by atoms with van der Waals surface area (Å²) in [5.74, 6) is -0.335. The number of phenols is 1. The number of oxime groups is 1. The Hall–Kier alpha value is -3.73. The van der Waals surface area contributed by atoms with Crippen LogP contribution < -0.4 is 5.43 Å². The third-order valence-electron chi connectivity index (χ3n) is 5.09. The predicted octanol–water partition coefficient (Wildman–Crippen LogP) is 3.88. The summed E-state index contributed by atoms with van der Waals surface area (Å²) in [6.07, 6.45) is 4.58. The number of carbonyl (C=O) groups is 1. The van der Waals surface area contributed by atoms with Crippen LogP contribution in [0.1, 0.15) is 41.5 Å². The van der Waals surface area contributed by atoms with Crippen LogP contribution in [-0.2, 0) is 22.5 Å². The lowest BCUT2D eigenvalue weighted by molar-refractivity contribution is -0.385. The van der Waals surface area contributed by atoms with Crippen molar-refractivity contribution in [2.45, 2.75) is 32.6 Å². The van der Waals surface area contributed by atoms with E-state index in [9.17, 15) is 20.0 Å². The van der Waals surface area contributed by atoms with Crippen LogP contribution in [0, 0.1) is 10.1 Å². The summed E-state index contributed by atoms with van der Waals surface area (Å²) < 4.78 is 5.81. The second-order valence-corrected chi connectivity index (χ2v) is 8.17. The molecule has 0 unspecified atom stereocenters. The third kappa shape index (κ3) is 4.33. The number of aryl methyl sites for hydroxylation is 2. The summed E-state index contributed by atoms with van der Waals surface area (Å²) in [7, 11) is 0. The number of benzene rings is 1. The summed E-state index contributed by atoms with van der Waals surface area (Å²) in [6, 6.07) is 5.00. The fraction of sp³-hybridized carbons (Fsp3) is 0.286. The van der Waals surface area contributed by atoms with Crippen molar-refractivity contribution < 1.29 is 24.1 Å². The molecule has 0 atom stereocenters. The highest BCUT2D eigenvalue weighted by Gasteiger charge is 2.27. The van der Waals surface area contributed by atoms with Crippen molar-refractivity contribution in [2.24, 2.45) is 10.3 Å². The molecule has 0 saturated heterocycles. The van der Waals surface area contributed by atoms with Crippen LogP contribution in [0.25, 0.3) is 11.0 Å². The maximum Gasteiger partial charge on any atom is 0.315 e. The Bertz CT molecular complexity index is 1230. The van der Waals surface area contributed by atoms with Crippen molar-refractivity contribution in [3.8, 4) is 5.75 Å². The monoisotopic (exact) mass is 456 g/mol. The van der Waals surface area contributed by atoms with Gasteiger partial charge in [-0.3, -0.25) is 14.9 Å². The minimum atomic E-state index is -0.687. The highest BCUT2D eigenvalue weighted by atomic mass is 32.1. The quantitative estimate of drug-likeness (QED) is 0.314. The third-order valence-corrected chi connectivity index (χ3v) is 6.07. The molecule has 4 rings (SSSR count). The number of phenolic OH excluding ortho intramolecular Hbond substituents is 1. The van der Waals surface area contributed by atoms with Gasteiger partial charge in [0.15, 0.2) is 6.61 Å². The van der Waals surface area contributed by atoms with Crippen LogP contribution in [0.15, 0.2) is 38.3 Å². The summed E-state index contributed by atoms with van der Waals surface area (Å²) >= 11 is 1.50. The van der Waals surface area contributed by atoms with Gasteiger partial charge >= 0.3 is 5.69 Å². The number of rotatable bonds is 7. The van der Waals surface area contributed by atoms with Gasteiger partial charge in [0.1, 0.15) is 11.3 Å². The zero-order valence-corrected chi connectivity index (χ0v) is 18.0. The minimum Gasteiger partial charge on any atom is -0.502 e. The number of aromatic hydroxyl groups is 1. The molecule has 2 heterocycles. The molecule has 0 aliphatic heterocycles. The van der Waals surface area contributed by atoms with Gasteiger partial charge in [-0.25, -0.2) is 5.43 Å². The highest BCUT2D eigenvalue weighted by molar-refractivity contribution is 7.12. The summed E-state index contributed by atoms with van der Waals surface area (Å²) in [6.45, 7) is 1.40. The van der Waals surface area contributed by atoms with Crippen LogP contribution in [0.3, 0.4) is 0 Å². The van der Waals surface area contributed by atoms with Crippen molar-refractivity contribution in [1.82, 2.24) is 5.43 Å². The van der Waals surface area contributed by atoms with Gasteiger partial charge in [0.05, 0.1) is 33.4 Å². The van der Waals surface area contributed by atoms with Gasteiger partial charge in [-0.15, -0.1) is 11.3 Å². The summed E-state index contributed by atoms with van der Waals surface area (Å²) in [4.78, 5) is 28.7. The molecule has 0 fully saturated rings. The molecule has 1 aromatic carbocycles. The number of nitro benzene ring substituents is 1. The first-order valence-corrected chi connectivity index (χ1v) is 10.8. The molecule has 2 N–H and O–H groups in total. The van der Waals surface area contributed by atoms with E-state index in [0.29, 0.717) is 16.7 Å². The number of nitrogens with zero attached hydrogens (tertiary/aromatic N) is 3. The zero-order chi connectivity index (χ0) is 22.7. The molecule has 11 heteroatoms. The topological polar surface area (TPSA) is 140 Å². The lowest BCUT2D eigenvalue weighted by Gasteiger charge is -2.10. The summed E-state index contributed by atoms with van der Waals surface area (Å²) in [5.41, 5.74) is 3.79. The number of thiophene rings is 1. The zero-order valence-electron chi connectivity index (χ0n) is 17.2. The number of hydrazone groups is 1. The van der Waals surface area contributed by atoms with Gasteiger partial charge < -0.3 is 14.4 Å². The van der Waals surface area contributed by atoms with Gasteiger partial charge in [0.25, 0.3) is 5.91 Å². The van der Waals surface area contributed by atoms with E-state index in [1.54, 1.807) is 6.92 Å². The minimum absolute atomic E-state index is 0.133. The van der Waals surface area contributed by atoms with Crippen molar-refractivity contribution in [3.05, 3.63) is 55.5 Å². The number of amides is 1. The average Bonchev–Trinajstić information content (AvgIpc) is 3.42. The van der Waals surface area contributed by atoms with Crippen molar-refractivity contribution in [1.29, 1.82) is 0 Å². The second kappa shape index (κ2) is 9.18. The number of nitro groups is 1. The van der Waals surface area contributed by atoms with Gasteiger partial charge in [-0.2, -0.15) is 5.10 Å². The lowest BCUT2D eigenvalue weighted by Crippen LogP contribution is -2.22. The van der Waals surface area contributed by atoms with Gasteiger partial charge in [0.2, 0.25) is 5.75 Å². The maximum atomic E-state index is 12.0. The first-order chi connectivity index (χ1) is 15.5. The van der Waals surface area contributed by atoms with E-state index in [4.69, 9.17) is 9.25 Å². The smallest absolute Gasteiger partial charge is 0.315 e. The molecule has 0 saturated carbocycles. The fourth-order valence-electron chi connectivity index (χ4n) is 3.62. The first kappa shape index (κ1) is 21.5. The Labute approximate surface area is 186 Å². The molecular formula is C21H20N4O6S. The van der Waals surface area contributed by atoms with Gasteiger partial charge in [-0.05, 0) is 37.6 Å². The van der Waals surface area contributed by atoms with Crippen LogP contribution >= 0.6 is 11.3 Å². The first-order valence-electron chi connectivity index (χ1n) is 9.92. The van der Waals surface area contributed by atoms with Crippen molar-refractivity contribution in [3.63, 3.8) is 0 Å². The molecule has 0 bridgehead atoms. The fourth-order valence-corrected chi connectivity index (χ4v) is 4.28. The number of hydrogen-bond acceptors (Lipinski definition) is 9. The Morgan fingerprint density at radius 3 is 3.00 bits per heavy atom. The number of fused-ring (bicyclic) bond motifs is 3. The Morgan fingerprint density at radius 2 is 2.25 bits per heavy atom. The van der Waals surface area contributed by atoms with Crippen LogP contribution in [0.5, 0.6) is 5.75 Å². The van der Waals surface area contributed by atoms with Crippen molar-refractivity contribution >= 4 is 45.8 Å². The maximum absolute atomic E-state index is 12.0. The van der Waals surface area contributed by atoms with E-state index >= 15 is 0 Å². The van der Waals surface area contributed by atoms with Crippen molar-refractivity contribution in [2.75, 3.05) is 6.61 Å². The van der Waals surface area contributed by atoms with E-state index in [1.165, 1.54) is 23.6 Å². The highest BCUT2D eigenvalue weighted by Crippen LogP contribution is 2.41. The molecule has 0 radical (unpaired) electrons. The molecule has 0 spiro atoms. The largest absolute Gasteiger partial charge is 0.502 e. The second-order valence-electron chi connectivity index (χ2n) is 7.22. The van der Waals surface area contributed by atoms with E-state index < -0.39 is 22.3 Å². The molecule has 10 nitrogen and oxygen atoms in total. The molecule has 1 amide bonds. The SMILES string of the molecule is CC(=NOCC(=O)N/N=C/c1c(O)c([N+](=O)[O-])cc2oc3c(c12)CCCC3)c1cccs1. The number of nitrogens with one attached hydrogen (secondary N) is 1. The Kier molecular flexibility index (Phi) is 6.17. The summed E-state index contributed by atoms with van der Waals surface area (Å²) in [5, 5.41) is 32.1. The van der Waals surface area contributed by atoms with E-state index in [0.717, 1.165) is 41.9 Å². The van der Waals surface area contributed by atoms with Gasteiger partial charge in [-0.1, -0.05) is 11.2 Å². The van der Waals surface area contributed by atoms with Crippen LogP contribution in [0.4, 0.5) is 5.69 Å². The molecule has 1 aliphatic rings. The molecule has 2 aromatic heterocycles. The average molecular weight is 456 g/mol. The Morgan fingerprint density at radius 1 is 1.44 bits per heavy atom. The molecule has 3 aromatic rings. The number of carbonyl (C=O) groups excluding carboxylic acids is 1. The molecule has 166 valence electrons. The molecule has 32 heavy (non-hydrogen) atoms. The Balaban J connectivity index is 1.52. The van der Waals surface area contributed by atoms with E-state index in [-0.39, 0.29) is 12.2 Å². The number of hydrogen-bond donors (Lipinski definition) is 2. The van der Waals surface area contributed by atoms with Crippen LogP contribution in [-0.4, -0.2) is 34.5 Å². The normalized spacial score (nSPS) is 14.0. The van der Waals surface area contributed by atoms with Gasteiger partial charge in [0, 0.05) is 17.4 Å².